The van der Waals surface area contributed by atoms with Crippen LogP contribution in [0.25, 0.3) is 0 Å². The lowest BCUT2D eigenvalue weighted by molar-refractivity contribution is -0.120. The minimum atomic E-state index is 0. The van der Waals surface area contributed by atoms with Gasteiger partial charge in [0.1, 0.15) is 0 Å². The van der Waals surface area contributed by atoms with Crippen molar-refractivity contribution in [3.05, 3.63) is 34.9 Å². The molecule has 0 saturated carbocycles. The SMILES string of the molecule is CCCNC(=O)CCNCc1cc(C)cc(C)c1.Cl. The van der Waals surface area contributed by atoms with E-state index in [2.05, 4.69) is 49.6 Å². The number of carbonyl (C=O) groups is 1. The second-order valence-corrected chi connectivity index (χ2v) is 4.77. The first kappa shape index (κ1) is 17.9. The fourth-order valence-electron chi connectivity index (χ4n) is 1.96. The van der Waals surface area contributed by atoms with Gasteiger partial charge >= 0.3 is 0 Å². The first-order chi connectivity index (χ1) is 8.61. The first-order valence-electron chi connectivity index (χ1n) is 6.66. The molecule has 0 bridgehead atoms. The molecule has 2 N–H and O–H groups in total. The van der Waals surface area contributed by atoms with Crippen LogP contribution >= 0.6 is 12.4 Å². The van der Waals surface area contributed by atoms with Gasteiger partial charge in [-0.2, -0.15) is 0 Å². The second-order valence-electron chi connectivity index (χ2n) is 4.77. The van der Waals surface area contributed by atoms with Gasteiger partial charge in [-0.05, 0) is 25.8 Å². The molecule has 1 amide bonds. The fourth-order valence-corrected chi connectivity index (χ4v) is 1.96. The number of carbonyl (C=O) groups excluding carboxylic acids is 1. The van der Waals surface area contributed by atoms with E-state index in [9.17, 15) is 4.79 Å². The van der Waals surface area contributed by atoms with E-state index < -0.39 is 0 Å². The van der Waals surface area contributed by atoms with Gasteiger partial charge in [-0.15, -0.1) is 12.4 Å². The predicted molar refractivity (Wildman–Crippen MR) is 82.8 cm³/mol. The molecule has 1 rings (SSSR count). The summed E-state index contributed by atoms with van der Waals surface area (Å²) in [6.07, 6.45) is 1.53. The van der Waals surface area contributed by atoms with E-state index in [0.717, 1.165) is 26.1 Å². The second kappa shape index (κ2) is 9.82. The van der Waals surface area contributed by atoms with Gasteiger partial charge in [-0.1, -0.05) is 36.2 Å². The molecule has 0 saturated heterocycles. The highest BCUT2D eigenvalue weighted by Crippen LogP contribution is 2.08. The zero-order chi connectivity index (χ0) is 13.4. The van der Waals surface area contributed by atoms with Crippen molar-refractivity contribution in [2.75, 3.05) is 13.1 Å². The van der Waals surface area contributed by atoms with Crippen molar-refractivity contribution in [3.63, 3.8) is 0 Å². The van der Waals surface area contributed by atoms with Gasteiger partial charge in [0.2, 0.25) is 5.91 Å². The summed E-state index contributed by atoms with van der Waals surface area (Å²) in [5.41, 5.74) is 3.85. The molecule has 0 radical (unpaired) electrons. The minimum absolute atomic E-state index is 0. The van der Waals surface area contributed by atoms with Crippen molar-refractivity contribution in [3.8, 4) is 0 Å². The summed E-state index contributed by atoms with van der Waals surface area (Å²) in [4.78, 5) is 11.4. The molecule has 0 aliphatic heterocycles. The third kappa shape index (κ3) is 7.85. The Labute approximate surface area is 122 Å². The number of amides is 1. The van der Waals surface area contributed by atoms with Crippen molar-refractivity contribution < 1.29 is 4.79 Å². The molecular weight excluding hydrogens is 260 g/mol. The van der Waals surface area contributed by atoms with Crippen LogP contribution in [0.4, 0.5) is 0 Å². The van der Waals surface area contributed by atoms with Crippen molar-refractivity contribution in [2.45, 2.75) is 40.2 Å². The number of halogens is 1. The lowest BCUT2D eigenvalue weighted by Crippen LogP contribution is -2.28. The Morgan fingerprint density at radius 2 is 1.74 bits per heavy atom. The Morgan fingerprint density at radius 1 is 1.11 bits per heavy atom. The number of hydrogen-bond acceptors (Lipinski definition) is 2. The maximum absolute atomic E-state index is 11.4. The zero-order valence-corrected chi connectivity index (χ0v) is 12.9. The molecule has 19 heavy (non-hydrogen) atoms. The van der Waals surface area contributed by atoms with Gasteiger partial charge in [0, 0.05) is 26.1 Å². The molecule has 0 spiro atoms. The number of aryl methyl sites for hydroxylation is 2. The van der Waals surface area contributed by atoms with Gasteiger partial charge in [-0.25, -0.2) is 0 Å². The number of rotatable bonds is 7. The van der Waals surface area contributed by atoms with Gasteiger partial charge < -0.3 is 10.6 Å². The maximum Gasteiger partial charge on any atom is 0.221 e. The topological polar surface area (TPSA) is 41.1 Å². The Morgan fingerprint density at radius 3 is 2.32 bits per heavy atom. The van der Waals surface area contributed by atoms with Crippen LogP contribution < -0.4 is 10.6 Å². The van der Waals surface area contributed by atoms with Gasteiger partial charge in [0.05, 0.1) is 0 Å². The van der Waals surface area contributed by atoms with Crippen molar-refractivity contribution in [1.82, 2.24) is 10.6 Å². The summed E-state index contributed by atoms with van der Waals surface area (Å²) in [5.74, 6) is 0.129. The zero-order valence-electron chi connectivity index (χ0n) is 12.1. The van der Waals surface area contributed by atoms with Gasteiger partial charge in [0.15, 0.2) is 0 Å². The van der Waals surface area contributed by atoms with Crippen molar-refractivity contribution in [2.24, 2.45) is 0 Å². The van der Waals surface area contributed by atoms with E-state index in [1.807, 2.05) is 0 Å². The standard InChI is InChI=1S/C15H24N2O.ClH/c1-4-6-17-15(18)5-7-16-11-14-9-12(2)8-13(3)10-14;/h8-10,16H,4-7,11H2,1-3H3,(H,17,18);1H. The highest BCUT2D eigenvalue weighted by Gasteiger charge is 2.00. The van der Waals surface area contributed by atoms with Crippen LogP contribution in [-0.4, -0.2) is 19.0 Å². The van der Waals surface area contributed by atoms with Crippen LogP contribution in [-0.2, 0) is 11.3 Å². The highest BCUT2D eigenvalue weighted by molar-refractivity contribution is 5.85. The number of benzene rings is 1. The summed E-state index contributed by atoms with van der Waals surface area (Å²) < 4.78 is 0. The molecule has 0 aromatic heterocycles. The molecule has 0 heterocycles. The van der Waals surface area contributed by atoms with E-state index in [0.29, 0.717) is 6.42 Å². The average molecular weight is 285 g/mol. The fraction of sp³-hybridized carbons (Fsp3) is 0.533. The van der Waals surface area contributed by atoms with Crippen LogP contribution in [0.15, 0.2) is 18.2 Å². The summed E-state index contributed by atoms with van der Waals surface area (Å²) in [5, 5.41) is 6.17. The Hall–Kier alpha value is -1.06. The van der Waals surface area contributed by atoms with Gasteiger partial charge in [-0.3, -0.25) is 4.79 Å². The third-order valence-electron chi connectivity index (χ3n) is 2.71. The number of nitrogens with one attached hydrogen (secondary N) is 2. The van der Waals surface area contributed by atoms with E-state index in [1.165, 1.54) is 16.7 Å². The molecular formula is C15H25ClN2O. The molecule has 1 aromatic carbocycles. The van der Waals surface area contributed by atoms with Crippen LogP contribution in [0.1, 0.15) is 36.5 Å². The Balaban J connectivity index is 0.00000324. The van der Waals surface area contributed by atoms with Gasteiger partial charge in [0.25, 0.3) is 0 Å². The first-order valence-corrected chi connectivity index (χ1v) is 6.66. The van der Waals surface area contributed by atoms with Crippen molar-refractivity contribution in [1.29, 1.82) is 0 Å². The maximum atomic E-state index is 11.4. The minimum Gasteiger partial charge on any atom is -0.356 e. The normalized spacial score (nSPS) is 9.84. The van der Waals surface area contributed by atoms with Crippen LogP contribution in [0.5, 0.6) is 0 Å². The average Bonchev–Trinajstić information content (AvgIpc) is 2.31. The summed E-state index contributed by atoms with van der Waals surface area (Å²) in [6, 6.07) is 6.52. The van der Waals surface area contributed by atoms with E-state index in [1.54, 1.807) is 0 Å². The van der Waals surface area contributed by atoms with Crippen molar-refractivity contribution >= 4 is 18.3 Å². The highest BCUT2D eigenvalue weighted by atomic mass is 35.5. The number of hydrogen-bond donors (Lipinski definition) is 2. The van der Waals surface area contributed by atoms with E-state index in [-0.39, 0.29) is 18.3 Å². The molecule has 0 unspecified atom stereocenters. The molecule has 0 aliphatic carbocycles. The molecule has 4 heteroatoms. The monoisotopic (exact) mass is 284 g/mol. The molecule has 0 aliphatic rings. The van der Waals surface area contributed by atoms with Crippen LogP contribution in [0.3, 0.4) is 0 Å². The molecule has 3 nitrogen and oxygen atoms in total. The Kier molecular flexibility index (Phi) is 9.27. The smallest absolute Gasteiger partial charge is 0.221 e. The van der Waals surface area contributed by atoms with E-state index >= 15 is 0 Å². The van der Waals surface area contributed by atoms with Crippen LogP contribution in [0.2, 0.25) is 0 Å². The third-order valence-corrected chi connectivity index (χ3v) is 2.71. The molecule has 108 valence electrons. The van der Waals surface area contributed by atoms with Crippen LogP contribution in [0, 0.1) is 13.8 Å². The summed E-state index contributed by atoms with van der Waals surface area (Å²) in [7, 11) is 0. The molecule has 1 aromatic rings. The lowest BCUT2D eigenvalue weighted by atomic mass is 10.1. The molecule has 0 fully saturated rings. The van der Waals surface area contributed by atoms with E-state index in [4.69, 9.17) is 0 Å². The lowest BCUT2D eigenvalue weighted by Gasteiger charge is -2.07. The summed E-state index contributed by atoms with van der Waals surface area (Å²) >= 11 is 0. The predicted octanol–water partition coefficient (Wildman–Crippen LogP) is 2.73. The summed E-state index contributed by atoms with van der Waals surface area (Å²) in [6.45, 7) is 8.59. The Bertz CT molecular complexity index is 373. The largest absolute Gasteiger partial charge is 0.356 e. The molecule has 0 atom stereocenters. The quantitative estimate of drug-likeness (QED) is 0.756.